The van der Waals surface area contributed by atoms with Crippen molar-refractivity contribution in [2.24, 2.45) is 0 Å². The van der Waals surface area contributed by atoms with Crippen molar-refractivity contribution in [1.29, 1.82) is 0 Å². The number of carboxylic acid groups (broad SMARTS) is 2. The Kier molecular flexibility index (Phi) is 17.7. The third-order valence-electron chi connectivity index (χ3n) is 4.20. The quantitative estimate of drug-likeness (QED) is 0.201. The van der Waals surface area contributed by atoms with Gasteiger partial charge in [-0.15, -0.1) is 0 Å². The minimum absolute atomic E-state index is 0. The molecule has 0 radical (unpaired) electrons. The first kappa shape index (κ1) is 31.5. The standard InChI is InChI=1S/C18H32O10S.Na.H/c1-2-3-4-5-6-7-8-9-10-11-12-27-29(25,26)28-16(21)14-18(24,17(22)23)13-15(19)20;;/h24H,2-14H2,1H3,(H,19,20)(H,22,23);;. The number of rotatable bonds is 18. The second-order valence-electron chi connectivity index (χ2n) is 6.95. The van der Waals surface area contributed by atoms with E-state index in [1.54, 1.807) is 0 Å². The number of carbonyl (C=O) groups excluding carboxylic acids is 1. The van der Waals surface area contributed by atoms with Gasteiger partial charge in [-0.25, -0.2) is 8.98 Å². The van der Waals surface area contributed by atoms with E-state index in [1.165, 1.54) is 32.1 Å². The molecule has 0 bridgehead atoms. The van der Waals surface area contributed by atoms with Crippen molar-refractivity contribution in [3.8, 4) is 0 Å². The van der Waals surface area contributed by atoms with E-state index in [4.69, 9.17) is 10.2 Å². The molecule has 0 spiro atoms. The third-order valence-corrected chi connectivity index (χ3v) is 5.04. The number of hydrogen-bond donors (Lipinski definition) is 3. The van der Waals surface area contributed by atoms with Crippen LogP contribution in [-0.4, -0.2) is 83.4 Å². The van der Waals surface area contributed by atoms with Gasteiger partial charge in [0, 0.05) is 0 Å². The summed E-state index contributed by atoms with van der Waals surface area (Å²) in [7, 11) is -4.72. The molecule has 172 valence electrons. The van der Waals surface area contributed by atoms with E-state index in [0.29, 0.717) is 6.42 Å². The molecule has 0 saturated carbocycles. The average Bonchev–Trinajstić information content (AvgIpc) is 2.58. The van der Waals surface area contributed by atoms with Crippen LogP contribution in [0.5, 0.6) is 0 Å². The van der Waals surface area contributed by atoms with Crippen LogP contribution in [0.15, 0.2) is 0 Å². The molecular formula is C18H33NaO10S. The predicted octanol–water partition coefficient (Wildman–Crippen LogP) is 1.74. The SMILES string of the molecule is CCCCCCCCCCCCOS(=O)(=O)OC(=O)CC(O)(CC(=O)O)C(=O)O.[NaH]. The molecule has 3 N–H and O–H groups in total. The van der Waals surface area contributed by atoms with E-state index in [0.717, 1.165) is 25.7 Å². The molecule has 12 heteroatoms. The van der Waals surface area contributed by atoms with E-state index in [1.807, 2.05) is 0 Å². The van der Waals surface area contributed by atoms with E-state index in [-0.39, 0.29) is 36.2 Å². The topological polar surface area (TPSA) is 165 Å². The molecule has 10 nitrogen and oxygen atoms in total. The summed E-state index contributed by atoms with van der Waals surface area (Å²) in [6.45, 7) is 1.96. The molecule has 0 saturated heterocycles. The molecule has 0 rings (SSSR count). The molecule has 0 amide bonds. The molecule has 0 heterocycles. The van der Waals surface area contributed by atoms with Gasteiger partial charge in [0.1, 0.15) is 0 Å². The Labute approximate surface area is 199 Å². The van der Waals surface area contributed by atoms with Crippen LogP contribution in [0.25, 0.3) is 0 Å². The molecule has 1 unspecified atom stereocenters. The van der Waals surface area contributed by atoms with Crippen molar-refractivity contribution in [1.82, 2.24) is 0 Å². The summed E-state index contributed by atoms with van der Waals surface area (Å²) in [5.41, 5.74) is -2.98. The van der Waals surface area contributed by atoms with Crippen molar-refractivity contribution < 1.29 is 46.5 Å². The first-order valence-corrected chi connectivity index (χ1v) is 11.1. The summed E-state index contributed by atoms with van der Waals surface area (Å²) in [6, 6.07) is 0. The Morgan fingerprint density at radius 2 is 1.30 bits per heavy atom. The normalized spacial score (nSPS) is 13.1. The van der Waals surface area contributed by atoms with E-state index >= 15 is 0 Å². The number of aliphatic hydroxyl groups is 1. The summed E-state index contributed by atoms with van der Waals surface area (Å²) in [5.74, 6) is -5.29. The Balaban J connectivity index is 0. The van der Waals surface area contributed by atoms with E-state index in [9.17, 15) is 27.9 Å². The van der Waals surface area contributed by atoms with Crippen LogP contribution in [0.1, 0.15) is 84.0 Å². The molecule has 0 aliphatic rings. The maximum absolute atomic E-state index is 11.6. The van der Waals surface area contributed by atoms with Gasteiger partial charge in [0.05, 0.1) is 19.4 Å². The molecule has 0 aliphatic carbocycles. The summed E-state index contributed by atoms with van der Waals surface area (Å²) >= 11 is 0. The number of carbonyl (C=O) groups is 3. The Morgan fingerprint density at radius 3 is 1.73 bits per heavy atom. The molecule has 0 fully saturated rings. The van der Waals surface area contributed by atoms with Gasteiger partial charge in [0.25, 0.3) is 0 Å². The summed E-state index contributed by atoms with van der Waals surface area (Å²) in [6.07, 6.45) is 7.77. The fourth-order valence-electron chi connectivity index (χ4n) is 2.62. The first-order chi connectivity index (χ1) is 13.5. The number of carboxylic acids is 2. The molecule has 0 aromatic heterocycles. The zero-order valence-electron chi connectivity index (χ0n) is 16.8. The molecular weight excluding hydrogens is 431 g/mol. The zero-order chi connectivity index (χ0) is 22.3. The van der Waals surface area contributed by atoms with Crippen LogP contribution in [0.2, 0.25) is 0 Å². The van der Waals surface area contributed by atoms with Crippen molar-refractivity contribution >= 4 is 57.9 Å². The van der Waals surface area contributed by atoms with Gasteiger partial charge in [-0.3, -0.25) is 9.59 Å². The van der Waals surface area contributed by atoms with Crippen LogP contribution in [0, 0.1) is 0 Å². The zero-order valence-corrected chi connectivity index (χ0v) is 17.6. The molecule has 0 aliphatic heterocycles. The predicted molar refractivity (Wildman–Crippen MR) is 109 cm³/mol. The van der Waals surface area contributed by atoms with Crippen molar-refractivity contribution in [3.63, 3.8) is 0 Å². The van der Waals surface area contributed by atoms with Crippen LogP contribution < -0.4 is 0 Å². The summed E-state index contributed by atoms with van der Waals surface area (Å²) < 4.78 is 31.7. The minimum atomic E-state index is -4.72. The van der Waals surface area contributed by atoms with Gasteiger partial charge in [0.15, 0.2) is 5.60 Å². The average molecular weight is 465 g/mol. The van der Waals surface area contributed by atoms with Gasteiger partial charge >= 0.3 is 57.9 Å². The fraction of sp³-hybridized carbons (Fsp3) is 0.833. The van der Waals surface area contributed by atoms with Crippen LogP contribution >= 0.6 is 0 Å². The Bertz CT molecular complexity index is 622. The molecule has 30 heavy (non-hydrogen) atoms. The van der Waals surface area contributed by atoms with Gasteiger partial charge in [-0.1, -0.05) is 64.7 Å². The summed E-state index contributed by atoms with van der Waals surface area (Å²) in [4.78, 5) is 33.1. The van der Waals surface area contributed by atoms with Crippen molar-refractivity contribution in [2.75, 3.05) is 6.61 Å². The van der Waals surface area contributed by atoms with Gasteiger partial charge < -0.3 is 19.5 Å². The Morgan fingerprint density at radius 1 is 0.833 bits per heavy atom. The number of aliphatic carboxylic acids is 2. The van der Waals surface area contributed by atoms with Crippen molar-refractivity contribution in [2.45, 2.75) is 89.6 Å². The van der Waals surface area contributed by atoms with Crippen LogP contribution in [0.3, 0.4) is 0 Å². The van der Waals surface area contributed by atoms with Gasteiger partial charge in [-0.05, 0) is 6.42 Å². The maximum atomic E-state index is 11.6. The van der Waals surface area contributed by atoms with Gasteiger partial charge in [0.2, 0.25) is 0 Å². The van der Waals surface area contributed by atoms with Crippen LogP contribution in [-0.2, 0) is 33.1 Å². The Hall–Kier alpha value is -0.720. The van der Waals surface area contributed by atoms with E-state index < -0.39 is 46.7 Å². The fourth-order valence-corrected chi connectivity index (χ4v) is 3.28. The van der Waals surface area contributed by atoms with Crippen LogP contribution in [0.4, 0.5) is 0 Å². The molecule has 0 aromatic rings. The third kappa shape index (κ3) is 16.0. The second kappa shape index (κ2) is 16.9. The molecule has 0 aromatic carbocycles. The van der Waals surface area contributed by atoms with Gasteiger partial charge in [-0.2, -0.15) is 8.42 Å². The summed E-state index contributed by atoms with van der Waals surface area (Å²) in [5, 5.41) is 27.1. The number of hydrogen-bond acceptors (Lipinski definition) is 8. The van der Waals surface area contributed by atoms with E-state index in [2.05, 4.69) is 15.3 Å². The number of unbranched alkanes of at least 4 members (excludes halogenated alkanes) is 9. The second-order valence-corrected chi connectivity index (χ2v) is 8.17. The van der Waals surface area contributed by atoms with Crippen molar-refractivity contribution in [3.05, 3.63) is 0 Å². The first-order valence-electron chi connectivity index (χ1n) is 9.81. The molecule has 1 atom stereocenters. The monoisotopic (exact) mass is 464 g/mol.